The van der Waals surface area contributed by atoms with Gasteiger partial charge in [0.2, 0.25) is 5.95 Å². The van der Waals surface area contributed by atoms with Crippen molar-refractivity contribution in [3.05, 3.63) is 170 Å². The van der Waals surface area contributed by atoms with Crippen molar-refractivity contribution in [1.82, 2.24) is 19.5 Å². The molecule has 0 amide bonds. The fraction of sp³-hybridized carbons (Fsp3) is 0. The molecule has 3 aromatic heterocycles. The quantitative estimate of drug-likeness (QED) is 0.187. The maximum atomic E-state index is 8.80. The molecule has 0 radical (unpaired) electrons. The second kappa shape index (κ2) is 11.4. The minimum absolute atomic E-state index is 0.135. The van der Waals surface area contributed by atoms with E-state index in [1.807, 2.05) is 114 Å². The van der Waals surface area contributed by atoms with E-state index >= 15 is 0 Å². The molecule has 0 aliphatic carbocycles. The van der Waals surface area contributed by atoms with Gasteiger partial charge in [0.05, 0.1) is 17.9 Å². The lowest BCUT2D eigenvalue weighted by Gasteiger charge is -2.11. The first-order valence-electron chi connectivity index (χ1n) is 18.8. The SMILES string of the molecule is [2H]c1c([2H])c([2H])c(-c2cccc3c2c2ccccc2n3-c2nc(-c3ccccc3)nc(-c3ccc4c(c3)oc3c(-c5ccccc5)cccc34)n2)c([2H])c1[2H]. The third-order valence-electron chi connectivity index (χ3n) is 9.16. The summed E-state index contributed by atoms with van der Waals surface area (Å²) in [5, 5.41) is 3.54. The average Bonchev–Trinajstić information content (AvgIpc) is 3.79. The molecule has 50 heavy (non-hydrogen) atoms. The molecule has 0 atom stereocenters. The number of fused-ring (bicyclic) bond motifs is 6. The molecule has 0 saturated heterocycles. The van der Waals surface area contributed by atoms with E-state index in [1.54, 1.807) is 6.07 Å². The van der Waals surface area contributed by atoms with Crippen LogP contribution in [0.25, 0.3) is 94.7 Å². The summed E-state index contributed by atoms with van der Waals surface area (Å²) in [6.45, 7) is 0. The molecule has 7 aromatic carbocycles. The van der Waals surface area contributed by atoms with E-state index in [2.05, 4.69) is 24.3 Å². The number of hydrogen-bond donors (Lipinski definition) is 0. The van der Waals surface area contributed by atoms with Crippen LogP contribution in [0.15, 0.2) is 174 Å². The Balaban J connectivity index is 1.22. The van der Waals surface area contributed by atoms with E-state index in [-0.39, 0.29) is 29.7 Å². The summed E-state index contributed by atoms with van der Waals surface area (Å²) in [5.74, 6) is 1.29. The van der Waals surface area contributed by atoms with Gasteiger partial charge < -0.3 is 4.42 Å². The molecule has 10 aromatic rings. The van der Waals surface area contributed by atoms with Crippen molar-refractivity contribution in [1.29, 1.82) is 0 Å². The summed E-state index contributed by atoms with van der Waals surface area (Å²) < 4.78 is 51.1. The zero-order valence-electron chi connectivity index (χ0n) is 31.5. The maximum Gasteiger partial charge on any atom is 0.238 e. The lowest BCUT2D eigenvalue weighted by molar-refractivity contribution is 0.670. The van der Waals surface area contributed by atoms with E-state index in [0.29, 0.717) is 34.3 Å². The Hall–Kier alpha value is -6.85. The highest BCUT2D eigenvalue weighted by Gasteiger charge is 2.20. The van der Waals surface area contributed by atoms with E-state index in [4.69, 9.17) is 26.2 Å². The smallest absolute Gasteiger partial charge is 0.238 e. The van der Waals surface area contributed by atoms with Gasteiger partial charge in [-0.25, -0.2) is 4.98 Å². The first-order valence-corrected chi connectivity index (χ1v) is 16.3. The van der Waals surface area contributed by atoms with Gasteiger partial charge in [0.15, 0.2) is 11.6 Å². The summed E-state index contributed by atoms with van der Waals surface area (Å²) in [7, 11) is 0. The largest absolute Gasteiger partial charge is 0.455 e. The highest BCUT2D eigenvalue weighted by Crippen LogP contribution is 2.40. The standard InChI is InChI=1S/C45H28N4O/c1-4-14-29(15-5-1)33-21-13-25-39-41(33)37-20-10-11-24-38(37)49(39)45-47-43(31-18-8-3-9-19-31)46-44(48-45)32-26-27-35-36-23-12-22-34(30-16-6-2-7-17-30)42(36)50-40(35)28-32/h1-28H/i1D,4D,5D,14D,15D. The summed E-state index contributed by atoms with van der Waals surface area (Å²) in [5.41, 5.74) is 7.31. The van der Waals surface area contributed by atoms with Crippen LogP contribution in [0.4, 0.5) is 0 Å². The van der Waals surface area contributed by atoms with Crippen molar-refractivity contribution in [2.45, 2.75) is 0 Å². The Labute approximate surface area is 294 Å². The van der Waals surface area contributed by atoms with Crippen molar-refractivity contribution >= 4 is 43.7 Å². The van der Waals surface area contributed by atoms with Gasteiger partial charge in [0, 0.05) is 38.2 Å². The third kappa shape index (κ3) is 4.52. The molecule has 0 unspecified atom stereocenters. The van der Waals surface area contributed by atoms with Crippen LogP contribution in [-0.2, 0) is 0 Å². The number of nitrogens with zero attached hydrogens (tertiary/aromatic N) is 4. The van der Waals surface area contributed by atoms with Crippen LogP contribution >= 0.6 is 0 Å². The van der Waals surface area contributed by atoms with Crippen molar-refractivity contribution in [2.75, 3.05) is 0 Å². The summed E-state index contributed by atoms with van der Waals surface area (Å²) >= 11 is 0. The van der Waals surface area contributed by atoms with Crippen LogP contribution < -0.4 is 0 Å². The molecule has 5 nitrogen and oxygen atoms in total. The summed E-state index contributed by atoms with van der Waals surface area (Å²) in [6.07, 6.45) is 0. The molecule has 0 spiro atoms. The fourth-order valence-corrected chi connectivity index (χ4v) is 6.92. The Morgan fingerprint density at radius 1 is 0.480 bits per heavy atom. The molecule has 5 heteroatoms. The third-order valence-corrected chi connectivity index (χ3v) is 9.16. The molecule has 0 saturated carbocycles. The molecular weight excluding hydrogens is 613 g/mol. The van der Waals surface area contributed by atoms with Gasteiger partial charge in [0.1, 0.15) is 11.2 Å². The van der Waals surface area contributed by atoms with Gasteiger partial charge in [-0.3, -0.25) is 4.57 Å². The zero-order chi connectivity index (χ0) is 37.4. The normalized spacial score (nSPS) is 13.0. The van der Waals surface area contributed by atoms with Crippen molar-refractivity contribution in [3.8, 4) is 51.0 Å². The van der Waals surface area contributed by atoms with Gasteiger partial charge >= 0.3 is 0 Å². The molecule has 234 valence electrons. The van der Waals surface area contributed by atoms with E-state index in [1.165, 1.54) is 0 Å². The number of benzene rings is 7. The summed E-state index contributed by atoms with van der Waals surface area (Å²) in [6, 6.07) is 43.8. The van der Waals surface area contributed by atoms with Gasteiger partial charge in [0.25, 0.3) is 0 Å². The van der Waals surface area contributed by atoms with Crippen LogP contribution in [0.5, 0.6) is 0 Å². The van der Waals surface area contributed by atoms with Crippen LogP contribution in [0.3, 0.4) is 0 Å². The Morgan fingerprint density at radius 2 is 1.14 bits per heavy atom. The molecule has 3 heterocycles. The summed E-state index contributed by atoms with van der Waals surface area (Å²) in [4.78, 5) is 15.2. The Morgan fingerprint density at radius 3 is 1.96 bits per heavy atom. The highest BCUT2D eigenvalue weighted by molar-refractivity contribution is 6.15. The van der Waals surface area contributed by atoms with Crippen LogP contribution in [0, 0.1) is 0 Å². The molecule has 0 fully saturated rings. The molecule has 0 aliphatic heterocycles. The number of rotatable bonds is 5. The number of hydrogen-bond acceptors (Lipinski definition) is 4. The Bertz CT molecular complexity index is 3130. The molecule has 10 rings (SSSR count). The number of para-hydroxylation sites is 2. The van der Waals surface area contributed by atoms with Gasteiger partial charge in [-0.1, -0.05) is 145 Å². The number of furan rings is 1. The lowest BCUT2D eigenvalue weighted by Crippen LogP contribution is -2.06. The second-order valence-corrected chi connectivity index (χ2v) is 12.1. The van der Waals surface area contributed by atoms with Crippen LogP contribution in [0.2, 0.25) is 0 Å². The highest BCUT2D eigenvalue weighted by atomic mass is 16.3. The lowest BCUT2D eigenvalue weighted by atomic mass is 9.99. The molecule has 0 N–H and O–H groups in total. The molecule has 0 bridgehead atoms. The van der Waals surface area contributed by atoms with Gasteiger partial charge in [-0.05, 0) is 41.0 Å². The first-order chi connectivity index (χ1) is 26.9. The first kappa shape index (κ1) is 23.5. The van der Waals surface area contributed by atoms with Crippen molar-refractivity contribution in [2.24, 2.45) is 0 Å². The molecule has 0 aliphatic rings. The van der Waals surface area contributed by atoms with Gasteiger partial charge in [-0.15, -0.1) is 0 Å². The van der Waals surface area contributed by atoms with Crippen molar-refractivity contribution < 1.29 is 11.3 Å². The van der Waals surface area contributed by atoms with E-state index in [0.717, 1.165) is 54.9 Å². The zero-order valence-corrected chi connectivity index (χ0v) is 26.5. The fourth-order valence-electron chi connectivity index (χ4n) is 6.92. The van der Waals surface area contributed by atoms with Crippen LogP contribution in [-0.4, -0.2) is 19.5 Å². The average molecular weight is 646 g/mol. The topological polar surface area (TPSA) is 56.7 Å². The maximum absolute atomic E-state index is 8.80. The number of aromatic nitrogens is 4. The van der Waals surface area contributed by atoms with Crippen molar-refractivity contribution in [3.63, 3.8) is 0 Å². The van der Waals surface area contributed by atoms with Crippen LogP contribution in [0.1, 0.15) is 6.85 Å². The minimum atomic E-state index is -0.433. The predicted molar refractivity (Wildman–Crippen MR) is 203 cm³/mol. The van der Waals surface area contributed by atoms with E-state index < -0.39 is 6.04 Å². The Kier molecular flexibility index (Phi) is 5.35. The minimum Gasteiger partial charge on any atom is -0.455 e. The monoisotopic (exact) mass is 645 g/mol. The molecular formula is C45H28N4O. The van der Waals surface area contributed by atoms with Gasteiger partial charge in [-0.2, -0.15) is 9.97 Å². The second-order valence-electron chi connectivity index (χ2n) is 12.1. The van der Waals surface area contributed by atoms with E-state index in [9.17, 15) is 0 Å². The predicted octanol–water partition coefficient (Wildman–Crippen LogP) is 11.5.